The maximum atomic E-state index is 5.69. The molecule has 1 saturated heterocycles. The van der Waals surface area contributed by atoms with E-state index < -0.39 is 0 Å². The van der Waals surface area contributed by atoms with Crippen molar-refractivity contribution in [3.05, 3.63) is 42.0 Å². The quantitative estimate of drug-likeness (QED) is 0.934. The van der Waals surface area contributed by atoms with E-state index in [1.165, 1.54) is 41.4 Å². The van der Waals surface area contributed by atoms with Crippen LogP contribution < -0.4 is 10.6 Å². The Hall–Kier alpha value is -1.55. The molecule has 2 aromatic rings. The van der Waals surface area contributed by atoms with Gasteiger partial charge in [-0.05, 0) is 42.3 Å². The molecular weight excluding hydrogens is 254 g/mol. The minimum absolute atomic E-state index is 0.645. The molecule has 1 aliphatic heterocycles. The van der Waals surface area contributed by atoms with Crippen LogP contribution in [0, 0.1) is 5.92 Å². The van der Waals surface area contributed by atoms with Gasteiger partial charge in [-0.1, -0.05) is 30.3 Å². The zero-order valence-corrected chi connectivity index (χ0v) is 11.8. The van der Waals surface area contributed by atoms with Gasteiger partial charge in [-0.15, -0.1) is 0 Å². The molecule has 0 aliphatic carbocycles. The standard InChI is InChI=1S/C15H19N3S/c16-14-11-15(19-17-14)18-8-6-13(7-9-18)10-12-4-2-1-3-5-12/h1-5,11,13H,6-10H2,(H2,16,17). The second-order valence-corrected chi connectivity index (χ2v) is 5.99. The number of nitrogen functional groups attached to an aromatic ring is 1. The summed E-state index contributed by atoms with van der Waals surface area (Å²) in [5, 5.41) is 1.22. The highest BCUT2D eigenvalue weighted by Crippen LogP contribution is 2.29. The Kier molecular flexibility index (Phi) is 3.69. The van der Waals surface area contributed by atoms with Gasteiger partial charge in [0.25, 0.3) is 0 Å². The molecule has 1 aromatic heterocycles. The Labute approximate surface area is 118 Å². The maximum Gasteiger partial charge on any atom is 0.139 e. The highest BCUT2D eigenvalue weighted by atomic mass is 32.1. The van der Waals surface area contributed by atoms with Crippen molar-refractivity contribution < 1.29 is 0 Å². The van der Waals surface area contributed by atoms with Gasteiger partial charge in [0.15, 0.2) is 0 Å². The van der Waals surface area contributed by atoms with Crippen molar-refractivity contribution in [2.45, 2.75) is 19.3 Å². The highest BCUT2D eigenvalue weighted by Gasteiger charge is 2.20. The summed E-state index contributed by atoms with van der Waals surface area (Å²) >= 11 is 1.51. The molecule has 0 saturated carbocycles. The van der Waals surface area contributed by atoms with Crippen molar-refractivity contribution in [2.75, 3.05) is 23.7 Å². The third-order valence-electron chi connectivity index (χ3n) is 3.81. The van der Waals surface area contributed by atoms with Gasteiger partial charge >= 0.3 is 0 Å². The van der Waals surface area contributed by atoms with E-state index in [4.69, 9.17) is 5.73 Å². The summed E-state index contributed by atoms with van der Waals surface area (Å²) < 4.78 is 4.16. The van der Waals surface area contributed by atoms with Gasteiger partial charge in [-0.3, -0.25) is 0 Å². The van der Waals surface area contributed by atoms with Gasteiger partial charge in [-0.2, -0.15) is 4.37 Å². The van der Waals surface area contributed by atoms with E-state index in [2.05, 4.69) is 39.6 Å². The first-order chi connectivity index (χ1) is 9.31. The summed E-state index contributed by atoms with van der Waals surface area (Å²) in [4.78, 5) is 2.41. The Morgan fingerprint density at radius 3 is 2.58 bits per heavy atom. The minimum Gasteiger partial charge on any atom is -0.383 e. The van der Waals surface area contributed by atoms with Crippen LogP contribution in [0.15, 0.2) is 36.4 Å². The highest BCUT2D eigenvalue weighted by molar-refractivity contribution is 7.10. The van der Waals surface area contributed by atoms with E-state index in [9.17, 15) is 0 Å². The molecule has 1 aromatic carbocycles. The van der Waals surface area contributed by atoms with Crippen molar-refractivity contribution in [1.82, 2.24) is 4.37 Å². The normalized spacial score (nSPS) is 16.7. The van der Waals surface area contributed by atoms with Crippen molar-refractivity contribution >= 4 is 22.4 Å². The van der Waals surface area contributed by atoms with E-state index in [1.807, 2.05) is 6.07 Å². The summed E-state index contributed by atoms with van der Waals surface area (Å²) in [6, 6.07) is 12.8. The number of rotatable bonds is 3. The third-order valence-corrected chi connectivity index (χ3v) is 4.67. The zero-order valence-electron chi connectivity index (χ0n) is 11.0. The number of anilines is 2. The average Bonchev–Trinajstić information content (AvgIpc) is 2.87. The fraction of sp³-hybridized carbons (Fsp3) is 0.400. The minimum atomic E-state index is 0.645. The van der Waals surface area contributed by atoms with Gasteiger partial charge in [0.1, 0.15) is 10.8 Å². The number of aromatic nitrogens is 1. The van der Waals surface area contributed by atoms with Crippen molar-refractivity contribution in [2.24, 2.45) is 5.92 Å². The molecule has 1 aliphatic rings. The van der Waals surface area contributed by atoms with Crippen LogP contribution in [0.5, 0.6) is 0 Å². The Morgan fingerprint density at radius 2 is 1.95 bits per heavy atom. The van der Waals surface area contributed by atoms with E-state index >= 15 is 0 Å². The van der Waals surface area contributed by atoms with Crippen LogP contribution >= 0.6 is 11.5 Å². The monoisotopic (exact) mass is 273 g/mol. The number of nitrogens with two attached hydrogens (primary N) is 1. The zero-order chi connectivity index (χ0) is 13.1. The number of hydrogen-bond donors (Lipinski definition) is 1. The topological polar surface area (TPSA) is 42.1 Å². The van der Waals surface area contributed by atoms with E-state index in [0.717, 1.165) is 19.0 Å². The molecule has 0 unspecified atom stereocenters. The first-order valence-electron chi connectivity index (χ1n) is 6.82. The lowest BCUT2D eigenvalue weighted by molar-refractivity contribution is 0.405. The number of benzene rings is 1. The SMILES string of the molecule is Nc1cc(N2CCC(Cc3ccccc3)CC2)sn1. The fourth-order valence-corrected chi connectivity index (χ4v) is 3.46. The van der Waals surface area contributed by atoms with Gasteiger partial charge < -0.3 is 10.6 Å². The van der Waals surface area contributed by atoms with E-state index in [0.29, 0.717) is 5.82 Å². The molecule has 3 nitrogen and oxygen atoms in total. The predicted molar refractivity (Wildman–Crippen MR) is 81.6 cm³/mol. The first-order valence-corrected chi connectivity index (χ1v) is 7.59. The van der Waals surface area contributed by atoms with E-state index in [1.54, 1.807) is 0 Å². The molecule has 2 heterocycles. The van der Waals surface area contributed by atoms with E-state index in [-0.39, 0.29) is 0 Å². The average molecular weight is 273 g/mol. The molecular formula is C15H19N3S. The molecule has 100 valence electrons. The van der Waals surface area contributed by atoms with Crippen LogP contribution in [0.3, 0.4) is 0 Å². The Balaban J connectivity index is 1.55. The summed E-state index contributed by atoms with van der Waals surface area (Å²) in [7, 11) is 0. The molecule has 0 amide bonds. The third kappa shape index (κ3) is 3.07. The summed E-state index contributed by atoms with van der Waals surface area (Å²) in [5.74, 6) is 1.45. The predicted octanol–water partition coefficient (Wildman–Crippen LogP) is 3.18. The summed E-state index contributed by atoms with van der Waals surface area (Å²) in [5.41, 5.74) is 7.15. The van der Waals surface area contributed by atoms with Crippen LogP contribution in [0.1, 0.15) is 18.4 Å². The lowest BCUT2D eigenvalue weighted by Gasteiger charge is -2.32. The van der Waals surface area contributed by atoms with Crippen molar-refractivity contribution in [1.29, 1.82) is 0 Å². The second-order valence-electron chi connectivity index (χ2n) is 5.21. The summed E-state index contributed by atoms with van der Waals surface area (Å²) in [6.07, 6.45) is 3.72. The largest absolute Gasteiger partial charge is 0.383 e. The lowest BCUT2D eigenvalue weighted by Crippen LogP contribution is -2.33. The Bertz CT molecular complexity index is 515. The first kappa shape index (κ1) is 12.5. The fourth-order valence-electron chi connectivity index (χ4n) is 2.73. The van der Waals surface area contributed by atoms with Gasteiger partial charge in [0.2, 0.25) is 0 Å². The van der Waals surface area contributed by atoms with Gasteiger partial charge in [0, 0.05) is 19.2 Å². The number of hydrogen-bond acceptors (Lipinski definition) is 4. The second kappa shape index (κ2) is 5.61. The molecule has 0 atom stereocenters. The smallest absolute Gasteiger partial charge is 0.139 e. The van der Waals surface area contributed by atoms with Crippen LogP contribution in [0.25, 0.3) is 0 Å². The molecule has 0 spiro atoms. The van der Waals surface area contributed by atoms with Crippen LogP contribution in [0.4, 0.5) is 10.8 Å². The summed E-state index contributed by atoms with van der Waals surface area (Å²) in [6.45, 7) is 2.25. The number of nitrogens with zero attached hydrogens (tertiary/aromatic N) is 2. The Morgan fingerprint density at radius 1 is 1.21 bits per heavy atom. The van der Waals surface area contributed by atoms with Gasteiger partial charge in [-0.25, -0.2) is 0 Å². The lowest BCUT2D eigenvalue weighted by atomic mass is 9.90. The molecule has 1 fully saturated rings. The van der Waals surface area contributed by atoms with Crippen LogP contribution in [-0.4, -0.2) is 17.5 Å². The maximum absolute atomic E-state index is 5.69. The van der Waals surface area contributed by atoms with Crippen molar-refractivity contribution in [3.63, 3.8) is 0 Å². The van der Waals surface area contributed by atoms with Crippen molar-refractivity contribution in [3.8, 4) is 0 Å². The molecule has 0 radical (unpaired) electrons. The molecule has 0 bridgehead atoms. The van der Waals surface area contributed by atoms with Crippen LogP contribution in [-0.2, 0) is 6.42 Å². The van der Waals surface area contributed by atoms with Crippen LogP contribution in [0.2, 0.25) is 0 Å². The number of piperidine rings is 1. The molecule has 4 heteroatoms. The molecule has 2 N–H and O–H groups in total. The molecule has 19 heavy (non-hydrogen) atoms. The molecule has 3 rings (SSSR count). The van der Waals surface area contributed by atoms with Gasteiger partial charge in [0.05, 0.1) is 0 Å².